The second-order valence-electron chi connectivity index (χ2n) is 4.60. The lowest BCUT2D eigenvalue weighted by Crippen LogP contribution is -2.44. The zero-order valence-electron chi connectivity index (χ0n) is 10.1. The molecule has 2 atom stereocenters. The van der Waals surface area contributed by atoms with Crippen molar-refractivity contribution in [1.29, 1.82) is 0 Å². The normalized spacial score (nSPS) is 24.6. The van der Waals surface area contributed by atoms with Gasteiger partial charge in [-0.2, -0.15) is 0 Å². The largest absolute Gasteiger partial charge is 0.348 e. The quantitative estimate of drug-likeness (QED) is 0.861. The Bertz CT molecular complexity index is 391. The minimum absolute atomic E-state index is 0.000880. The SMILES string of the molecule is Cc1ncc(C(=O)NC2CCCCC2CN)s1. The van der Waals surface area contributed by atoms with Crippen molar-refractivity contribution in [2.75, 3.05) is 6.54 Å². The molecule has 1 aliphatic rings. The highest BCUT2D eigenvalue weighted by Crippen LogP contribution is 2.24. The zero-order valence-corrected chi connectivity index (χ0v) is 10.9. The molecule has 0 saturated heterocycles. The van der Waals surface area contributed by atoms with Crippen LogP contribution < -0.4 is 11.1 Å². The Morgan fingerprint density at radius 3 is 3.00 bits per heavy atom. The van der Waals surface area contributed by atoms with Gasteiger partial charge in [-0.1, -0.05) is 12.8 Å². The zero-order chi connectivity index (χ0) is 12.3. The van der Waals surface area contributed by atoms with Crippen molar-refractivity contribution < 1.29 is 4.79 Å². The summed E-state index contributed by atoms with van der Waals surface area (Å²) in [5, 5.41) is 4.03. The van der Waals surface area contributed by atoms with Crippen molar-refractivity contribution in [3.63, 3.8) is 0 Å². The summed E-state index contributed by atoms with van der Waals surface area (Å²) in [4.78, 5) is 16.8. The summed E-state index contributed by atoms with van der Waals surface area (Å²) >= 11 is 1.44. The number of hydrogen-bond acceptors (Lipinski definition) is 4. The number of carbonyl (C=O) groups is 1. The maximum absolute atomic E-state index is 12.0. The lowest BCUT2D eigenvalue weighted by Gasteiger charge is -2.31. The first-order valence-electron chi connectivity index (χ1n) is 6.14. The van der Waals surface area contributed by atoms with Gasteiger partial charge in [0.1, 0.15) is 4.88 Å². The fourth-order valence-electron chi connectivity index (χ4n) is 2.39. The second kappa shape index (κ2) is 5.60. The predicted octanol–water partition coefficient (Wildman–Crippen LogP) is 1.70. The van der Waals surface area contributed by atoms with E-state index in [4.69, 9.17) is 5.73 Å². The Hall–Kier alpha value is -0.940. The number of hydrogen-bond donors (Lipinski definition) is 2. The van der Waals surface area contributed by atoms with Gasteiger partial charge < -0.3 is 11.1 Å². The molecule has 5 heteroatoms. The van der Waals surface area contributed by atoms with Crippen molar-refractivity contribution in [3.05, 3.63) is 16.1 Å². The average Bonchev–Trinajstić information content (AvgIpc) is 2.77. The van der Waals surface area contributed by atoms with Crippen LogP contribution in [0.3, 0.4) is 0 Å². The van der Waals surface area contributed by atoms with E-state index in [2.05, 4.69) is 10.3 Å². The summed E-state index contributed by atoms with van der Waals surface area (Å²) in [7, 11) is 0. The number of rotatable bonds is 3. The van der Waals surface area contributed by atoms with Gasteiger partial charge in [-0.3, -0.25) is 4.79 Å². The molecule has 1 aliphatic carbocycles. The number of nitrogens with one attached hydrogen (secondary N) is 1. The number of nitrogens with zero attached hydrogens (tertiary/aromatic N) is 1. The molecule has 3 N–H and O–H groups in total. The molecule has 1 amide bonds. The summed E-state index contributed by atoms with van der Waals surface area (Å²) in [6, 6.07) is 0.239. The Morgan fingerprint density at radius 1 is 1.59 bits per heavy atom. The maximum atomic E-state index is 12.0. The van der Waals surface area contributed by atoms with E-state index in [0.29, 0.717) is 17.3 Å². The minimum atomic E-state index is 0.000880. The van der Waals surface area contributed by atoms with Crippen LogP contribution in [0.2, 0.25) is 0 Å². The van der Waals surface area contributed by atoms with Crippen molar-refractivity contribution in [3.8, 4) is 0 Å². The molecule has 1 heterocycles. The van der Waals surface area contributed by atoms with Crippen LogP contribution in [0.4, 0.5) is 0 Å². The molecule has 0 radical (unpaired) electrons. The lowest BCUT2D eigenvalue weighted by atomic mass is 9.84. The predicted molar refractivity (Wildman–Crippen MR) is 69.1 cm³/mol. The molecular weight excluding hydrogens is 234 g/mol. The molecule has 0 spiro atoms. The van der Waals surface area contributed by atoms with Gasteiger partial charge in [0.2, 0.25) is 0 Å². The van der Waals surface area contributed by atoms with E-state index in [1.54, 1.807) is 6.20 Å². The average molecular weight is 253 g/mol. The molecule has 0 aliphatic heterocycles. The molecular formula is C12H19N3OS. The lowest BCUT2D eigenvalue weighted by molar-refractivity contribution is 0.0912. The minimum Gasteiger partial charge on any atom is -0.348 e. The number of carbonyl (C=O) groups excluding carboxylic acids is 1. The van der Waals surface area contributed by atoms with E-state index >= 15 is 0 Å². The standard InChI is InChI=1S/C12H19N3OS/c1-8-14-7-11(17-8)12(16)15-10-5-3-2-4-9(10)6-13/h7,9-10H,2-6,13H2,1H3,(H,15,16). The van der Waals surface area contributed by atoms with Gasteiger partial charge >= 0.3 is 0 Å². The summed E-state index contributed by atoms with van der Waals surface area (Å²) < 4.78 is 0. The van der Waals surface area contributed by atoms with Gasteiger partial charge in [-0.05, 0) is 32.2 Å². The van der Waals surface area contributed by atoms with Crippen LogP contribution in [0.25, 0.3) is 0 Å². The number of aryl methyl sites for hydroxylation is 1. The Labute approximate surface area is 106 Å². The molecule has 94 valence electrons. The van der Waals surface area contributed by atoms with E-state index in [1.165, 1.54) is 24.2 Å². The number of thiazole rings is 1. The van der Waals surface area contributed by atoms with Gasteiger partial charge in [-0.15, -0.1) is 11.3 Å². The smallest absolute Gasteiger partial charge is 0.263 e. The number of aromatic nitrogens is 1. The fourth-order valence-corrected chi connectivity index (χ4v) is 3.07. The first kappa shape index (κ1) is 12.5. The number of nitrogens with two attached hydrogens (primary N) is 1. The van der Waals surface area contributed by atoms with E-state index < -0.39 is 0 Å². The van der Waals surface area contributed by atoms with E-state index in [-0.39, 0.29) is 11.9 Å². The molecule has 1 fully saturated rings. The van der Waals surface area contributed by atoms with Gasteiger partial charge in [0.15, 0.2) is 0 Å². The third kappa shape index (κ3) is 3.04. The molecule has 2 unspecified atom stereocenters. The van der Waals surface area contributed by atoms with Crippen LogP contribution in [-0.4, -0.2) is 23.5 Å². The van der Waals surface area contributed by atoms with Crippen molar-refractivity contribution >= 4 is 17.2 Å². The van der Waals surface area contributed by atoms with E-state index in [1.807, 2.05) is 6.92 Å². The van der Waals surface area contributed by atoms with Gasteiger partial charge in [0.05, 0.1) is 11.2 Å². The molecule has 17 heavy (non-hydrogen) atoms. The first-order valence-corrected chi connectivity index (χ1v) is 6.95. The maximum Gasteiger partial charge on any atom is 0.263 e. The van der Waals surface area contributed by atoms with Crippen molar-refractivity contribution in [1.82, 2.24) is 10.3 Å². The monoisotopic (exact) mass is 253 g/mol. The van der Waals surface area contributed by atoms with Crippen LogP contribution in [0.5, 0.6) is 0 Å². The van der Waals surface area contributed by atoms with Gasteiger partial charge in [0.25, 0.3) is 5.91 Å². The van der Waals surface area contributed by atoms with Crippen LogP contribution in [0, 0.1) is 12.8 Å². The van der Waals surface area contributed by atoms with Crippen LogP contribution in [-0.2, 0) is 0 Å². The Morgan fingerprint density at radius 2 is 2.35 bits per heavy atom. The highest BCUT2D eigenvalue weighted by Gasteiger charge is 2.26. The van der Waals surface area contributed by atoms with Crippen LogP contribution in [0.15, 0.2) is 6.20 Å². The topological polar surface area (TPSA) is 68.0 Å². The molecule has 4 nitrogen and oxygen atoms in total. The van der Waals surface area contributed by atoms with Crippen LogP contribution in [0.1, 0.15) is 40.4 Å². The van der Waals surface area contributed by atoms with Gasteiger partial charge in [0, 0.05) is 6.04 Å². The fraction of sp³-hybridized carbons (Fsp3) is 0.667. The highest BCUT2D eigenvalue weighted by molar-refractivity contribution is 7.13. The molecule has 0 bridgehead atoms. The Balaban J connectivity index is 1.97. The molecule has 1 aromatic heterocycles. The molecule has 0 aromatic carbocycles. The van der Waals surface area contributed by atoms with E-state index in [0.717, 1.165) is 17.8 Å². The summed E-state index contributed by atoms with van der Waals surface area (Å²) in [6.45, 7) is 2.57. The highest BCUT2D eigenvalue weighted by atomic mass is 32.1. The molecule has 1 saturated carbocycles. The van der Waals surface area contributed by atoms with Gasteiger partial charge in [-0.25, -0.2) is 4.98 Å². The summed E-state index contributed by atoms with van der Waals surface area (Å²) in [5.74, 6) is 0.433. The number of amides is 1. The first-order chi connectivity index (χ1) is 8.20. The van der Waals surface area contributed by atoms with Crippen molar-refractivity contribution in [2.45, 2.75) is 38.6 Å². The third-order valence-corrected chi connectivity index (χ3v) is 4.28. The Kier molecular flexibility index (Phi) is 4.12. The van der Waals surface area contributed by atoms with Crippen LogP contribution >= 0.6 is 11.3 Å². The third-order valence-electron chi connectivity index (χ3n) is 3.37. The van der Waals surface area contributed by atoms with E-state index in [9.17, 15) is 4.79 Å². The summed E-state index contributed by atoms with van der Waals surface area (Å²) in [6.07, 6.45) is 6.24. The van der Waals surface area contributed by atoms with Crippen molar-refractivity contribution in [2.24, 2.45) is 11.7 Å². The molecule has 2 rings (SSSR count). The summed E-state index contributed by atoms with van der Waals surface area (Å²) in [5.41, 5.74) is 5.75. The molecule has 1 aromatic rings. The second-order valence-corrected chi connectivity index (χ2v) is 5.84.